The maximum absolute atomic E-state index is 5.78. The summed E-state index contributed by atoms with van der Waals surface area (Å²) in [7, 11) is 0.0712. The largest absolute Gasteiger partial charge is 0.330 e. The van der Waals surface area contributed by atoms with Gasteiger partial charge in [0.15, 0.2) is 0 Å². The molecule has 13 heavy (non-hydrogen) atoms. The smallest absolute Gasteiger partial charge is 0.000639 e. The highest BCUT2D eigenvalue weighted by atomic mass is 31.1. The Labute approximate surface area is 81.1 Å². The highest BCUT2D eigenvalue weighted by Crippen LogP contribution is 2.48. The second kappa shape index (κ2) is 4.21. The molecule has 0 saturated carbocycles. The molecule has 1 aromatic rings. The van der Waals surface area contributed by atoms with Gasteiger partial charge < -0.3 is 5.73 Å². The molecule has 0 spiro atoms. The first kappa shape index (κ1) is 9.18. The average molecular weight is 193 g/mol. The summed E-state index contributed by atoms with van der Waals surface area (Å²) in [4.78, 5) is 0. The molecule has 0 radical (unpaired) electrons. The van der Waals surface area contributed by atoms with E-state index in [9.17, 15) is 0 Å². The first-order valence-corrected chi connectivity index (χ1v) is 6.53. The lowest BCUT2D eigenvalue weighted by Crippen LogP contribution is -2.19. The van der Waals surface area contributed by atoms with Crippen molar-refractivity contribution in [2.24, 2.45) is 5.73 Å². The Hall–Kier alpha value is -0.390. The van der Waals surface area contributed by atoms with Crippen LogP contribution in [0.5, 0.6) is 0 Å². The molecule has 1 nitrogen and oxygen atoms in total. The van der Waals surface area contributed by atoms with E-state index in [0.717, 1.165) is 12.2 Å². The molecule has 2 N–H and O–H groups in total. The third kappa shape index (κ3) is 1.92. The topological polar surface area (TPSA) is 26.0 Å². The second-order valence-corrected chi connectivity index (χ2v) is 6.19. The number of benzene rings is 1. The van der Waals surface area contributed by atoms with Crippen molar-refractivity contribution < 1.29 is 0 Å². The van der Waals surface area contributed by atoms with E-state index in [2.05, 4.69) is 30.3 Å². The van der Waals surface area contributed by atoms with Gasteiger partial charge in [-0.1, -0.05) is 38.3 Å². The molecule has 0 bridgehead atoms. The molecule has 1 saturated heterocycles. The van der Waals surface area contributed by atoms with Crippen LogP contribution in [0.15, 0.2) is 30.3 Å². The van der Waals surface area contributed by atoms with E-state index in [-0.39, 0.29) is 7.92 Å². The summed E-state index contributed by atoms with van der Waals surface area (Å²) >= 11 is 0. The molecule has 2 heteroatoms. The molecular formula is C11H16NP. The Balaban J connectivity index is 2.16. The van der Waals surface area contributed by atoms with Crippen LogP contribution in [0.4, 0.5) is 0 Å². The summed E-state index contributed by atoms with van der Waals surface area (Å²) in [6.07, 6.45) is 4.11. The van der Waals surface area contributed by atoms with Crippen LogP contribution in [-0.2, 0) is 0 Å². The van der Waals surface area contributed by atoms with Crippen molar-refractivity contribution in [3.8, 4) is 0 Å². The van der Waals surface area contributed by atoms with Crippen LogP contribution < -0.4 is 11.0 Å². The molecule has 0 aromatic heterocycles. The van der Waals surface area contributed by atoms with Crippen LogP contribution >= 0.6 is 7.92 Å². The van der Waals surface area contributed by atoms with Gasteiger partial charge in [-0.05, 0) is 36.5 Å². The fraction of sp³-hybridized carbons (Fsp3) is 0.455. The Morgan fingerprint density at radius 1 is 1.31 bits per heavy atom. The molecule has 1 heterocycles. The van der Waals surface area contributed by atoms with Crippen molar-refractivity contribution in [2.45, 2.75) is 18.5 Å². The van der Waals surface area contributed by atoms with E-state index < -0.39 is 0 Å². The molecule has 1 fully saturated rings. The van der Waals surface area contributed by atoms with E-state index in [1.165, 1.54) is 19.0 Å². The summed E-state index contributed by atoms with van der Waals surface area (Å²) in [6.45, 7) is 0.876. The Morgan fingerprint density at radius 2 is 2.08 bits per heavy atom. The zero-order valence-corrected chi connectivity index (χ0v) is 8.71. The predicted octanol–water partition coefficient (Wildman–Crippen LogP) is 1.91. The summed E-state index contributed by atoms with van der Waals surface area (Å²) in [5, 5.41) is 1.55. The third-order valence-corrected chi connectivity index (χ3v) is 5.85. The zero-order chi connectivity index (χ0) is 9.10. The standard InChI is InChI=1S/C11H16NP/c12-9-11-7-4-8-13(11)10-5-2-1-3-6-10/h1-3,5-6,11H,4,7-9,12H2/t11-,13?/m0/s1. The average Bonchev–Trinajstić information content (AvgIpc) is 2.67. The van der Waals surface area contributed by atoms with Gasteiger partial charge in [0.2, 0.25) is 0 Å². The molecule has 2 atom stereocenters. The summed E-state index contributed by atoms with van der Waals surface area (Å²) in [6, 6.07) is 10.9. The minimum atomic E-state index is 0.0712. The first-order chi connectivity index (χ1) is 6.42. The van der Waals surface area contributed by atoms with Crippen LogP contribution in [-0.4, -0.2) is 18.4 Å². The lowest BCUT2D eigenvalue weighted by Gasteiger charge is -2.18. The zero-order valence-electron chi connectivity index (χ0n) is 7.82. The molecule has 0 amide bonds. The van der Waals surface area contributed by atoms with Crippen LogP contribution in [0.2, 0.25) is 0 Å². The van der Waals surface area contributed by atoms with Crippen LogP contribution in [0.25, 0.3) is 0 Å². The predicted molar refractivity (Wildman–Crippen MR) is 59.9 cm³/mol. The maximum Gasteiger partial charge on any atom is -0.000639 e. The highest BCUT2D eigenvalue weighted by molar-refractivity contribution is 7.66. The normalized spacial score (nSPS) is 27.8. The lowest BCUT2D eigenvalue weighted by molar-refractivity contribution is 0.784. The van der Waals surface area contributed by atoms with Gasteiger partial charge in [-0.15, -0.1) is 0 Å². The van der Waals surface area contributed by atoms with Crippen molar-refractivity contribution in [1.29, 1.82) is 0 Å². The molecule has 1 aromatic carbocycles. The second-order valence-electron chi connectivity index (χ2n) is 3.56. The van der Waals surface area contributed by atoms with Crippen molar-refractivity contribution in [2.75, 3.05) is 12.7 Å². The molecule has 2 rings (SSSR count). The SMILES string of the molecule is NC[C@@H]1CCCP1c1ccccc1. The van der Waals surface area contributed by atoms with Crippen molar-refractivity contribution in [1.82, 2.24) is 0 Å². The van der Waals surface area contributed by atoms with E-state index in [1.807, 2.05) is 0 Å². The molecule has 0 aliphatic carbocycles. The van der Waals surface area contributed by atoms with E-state index in [4.69, 9.17) is 5.73 Å². The fourth-order valence-corrected chi connectivity index (χ4v) is 4.91. The first-order valence-electron chi connectivity index (χ1n) is 4.93. The van der Waals surface area contributed by atoms with Crippen molar-refractivity contribution in [3.63, 3.8) is 0 Å². The fourth-order valence-electron chi connectivity index (χ4n) is 2.04. The van der Waals surface area contributed by atoms with Crippen LogP contribution in [0, 0.1) is 0 Å². The molecule has 1 aliphatic rings. The molecule has 70 valence electrons. The number of hydrogen-bond acceptors (Lipinski definition) is 1. The van der Waals surface area contributed by atoms with Crippen LogP contribution in [0.3, 0.4) is 0 Å². The van der Waals surface area contributed by atoms with Gasteiger partial charge in [-0.3, -0.25) is 0 Å². The summed E-state index contributed by atoms with van der Waals surface area (Å²) in [5.74, 6) is 0. The Bertz CT molecular complexity index is 260. The quantitative estimate of drug-likeness (QED) is 0.713. The van der Waals surface area contributed by atoms with Gasteiger partial charge in [-0.25, -0.2) is 0 Å². The van der Waals surface area contributed by atoms with Gasteiger partial charge in [-0.2, -0.15) is 0 Å². The lowest BCUT2D eigenvalue weighted by atomic mass is 10.2. The third-order valence-electron chi connectivity index (χ3n) is 2.74. The van der Waals surface area contributed by atoms with Gasteiger partial charge in [0.25, 0.3) is 0 Å². The number of nitrogens with two attached hydrogens (primary N) is 1. The Kier molecular flexibility index (Phi) is 2.97. The minimum Gasteiger partial charge on any atom is -0.330 e. The monoisotopic (exact) mass is 193 g/mol. The molecule has 1 aliphatic heterocycles. The van der Waals surface area contributed by atoms with E-state index in [1.54, 1.807) is 5.30 Å². The van der Waals surface area contributed by atoms with Gasteiger partial charge in [0.1, 0.15) is 0 Å². The van der Waals surface area contributed by atoms with Crippen LogP contribution in [0.1, 0.15) is 12.8 Å². The highest BCUT2D eigenvalue weighted by Gasteiger charge is 2.26. The number of hydrogen-bond donors (Lipinski definition) is 1. The molecular weight excluding hydrogens is 177 g/mol. The van der Waals surface area contributed by atoms with Crippen molar-refractivity contribution in [3.05, 3.63) is 30.3 Å². The molecule has 1 unspecified atom stereocenters. The summed E-state index contributed by atoms with van der Waals surface area (Å²) in [5.41, 5.74) is 6.57. The van der Waals surface area contributed by atoms with Gasteiger partial charge >= 0.3 is 0 Å². The minimum absolute atomic E-state index is 0.0712. The summed E-state index contributed by atoms with van der Waals surface area (Å²) < 4.78 is 0. The number of rotatable bonds is 2. The van der Waals surface area contributed by atoms with Gasteiger partial charge in [0.05, 0.1) is 0 Å². The Morgan fingerprint density at radius 3 is 2.77 bits per heavy atom. The van der Waals surface area contributed by atoms with Crippen molar-refractivity contribution >= 4 is 13.2 Å². The van der Waals surface area contributed by atoms with E-state index >= 15 is 0 Å². The maximum atomic E-state index is 5.78. The van der Waals surface area contributed by atoms with E-state index in [0.29, 0.717) is 0 Å². The van der Waals surface area contributed by atoms with Gasteiger partial charge in [0, 0.05) is 0 Å².